The number of phenols is 1. The zero-order valence-electron chi connectivity index (χ0n) is 16.6. The molecule has 0 unspecified atom stereocenters. The summed E-state index contributed by atoms with van der Waals surface area (Å²) in [6.45, 7) is 3.10. The number of halogens is 1. The number of aromatic hydroxyl groups is 1. The molecular weight excluding hydrogens is 426 g/mol. The van der Waals surface area contributed by atoms with Crippen LogP contribution in [0.3, 0.4) is 0 Å². The number of carbonyl (C=O) groups excluding carboxylic acids is 1. The van der Waals surface area contributed by atoms with Gasteiger partial charge in [-0.25, -0.2) is 8.42 Å². The zero-order valence-corrected chi connectivity index (χ0v) is 18.2. The maximum Gasteiger partial charge on any atom is 0.243 e. The molecule has 2 fully saturated rings. The average molecular weight is 450 g/mol. The molecule has 0 radical (unpaired) electrons. The molecular formula is C21H24ClN3O4S. The number of hydrogen-bond acceptors (Lipinski definition) is 5. The van der Waals surface area contributed by atoms with Crippen LogP contribution in [0.25, 0.3) is 0 Å². The van der Waals surface area contributed by atoms with Crippen molar-refractivity contribution in [2.75, 3.05) is 19.6 Å². The Hall–Kier alpha value is -2.13. The Kier molecular flexibility index (Phi) is 5.52. The molecule has 0 bridgehead atoms. The van der Waals surface area contributed by atoms with Gasteiger partial charge in [0.25, 0.3) is 0 Å². The highest BCUT2D eigenvalue weighted by Crippen LogP contribution is 2.35. The van der Waals surface area contributed by atoms with Crippen molar-refractivity contribution in [3.63, 3.8) is 0 Å². The average Bonchev–Trinajstić information content (AvgIpc) is 3.01. The third kappa shape index (κ3) is 3.80. The summed E-state index contributed by atoms with van der Waals surface area (Å²) in [5.74, 6) is -0.151. The van der Waals surface area contributed by atoms with Crippen molar-refractivity contribution < 1.29 is 18.3 Å². The molecule has 7 nitrogen and oxygen atoms in total. The Labute approximate surface area is 181 Å². The first-order chi connectivity index (χ1) is 14.2. The molecule has 0 aromatic heterocycles. The lowest BCUT2D eigenvalue weighted by molar-refractivity contribution is -0.119. The van der Waals surface area contributed by atoms with Crippen molar-refractivity contribution in [1.29, 1.82) is 0 Å². The van der Waals surface area contributed by atoms with E-state index in [2.05, 4.69) is 10.2 Å². The predicted octanol–water partition coefficient (Wildman–Crippen LogP) is 2.47. The number of aryl methyl sites for hydroxylation is 1. The van der Waals surface area contributed by atoms with Crippen LogP contribution in [-0.2, 0) is 21.4 Å². The van der Waals surface area contributed by atoms with E-state index in [0.29, 0.717) is 31.5 Å². The number of nitrogens with zero attached hydrogens (tertiary/aromatic N) is 2. The fourth-order valence-corrected chi connectivity index (χ4v) is 6.14. The summed E-state index contributed by atoms with van der Waals surface area (Å²) in [7, 11) is -3.75. The highest BCUT2D eigenvalue weighted by atomic mass is 35.5. The summed E-state index contributed by atoms with van der Waals surface area (Å²) in [5.41, 5.74) is 0.978. The maximum atomic E-state index is 13.1. The summed E-state index contributed by atoms with van der Waals surface area (Å²) in [6.07, 6.45) is 0.991. The van der Waals surface area contributed by atoms with Crippen LogP contribution >= 0.6 is 11.6 Å². The number of piperidine rings is 1. The van der Waals surface area contributed by atoms with Gasteiger partial charge in [0.05, 0.1) is 22.1 Å². The predicted molar refractivity (Wildman–Crippen MR) is 114 cm³/mol. The minimum absolute atomic E-state index is 0.0131. The van der Waals surface area contributed by atoms with Crippen LogP contribution in [0.2, 0.25) is 5.02 Å². The molecule has 2 aliphatic rings. The van der Waals surface area contributed by atoms with E-state index in [9.17, 15) is 18.3 Å². The lowest BCUT2D eigenvalue weighted by atomic mass is 9.97. The van der Waals surface area contributed by atoms with Gasteiger partial charge < -0.3 is 10.4 Å². The number of phenolic OH excluding ortho intramolecular Hbond substituents is 1. The monoisotopic (exact) mass is 449 g/mol. The fraction of sp³-hybridized carbons (Fsp3) is 0.381. The number of rotatable bonds is 4. The quantitative estimate of drug-likeness (QED) is 0.748. The van der Waals surface area contributed by atoms with Crippen molar-refractivity contribution >= 4 is 27.5 Å². The molecule has 30 heavy (non-hydrogen) atoms. The minimum atomic E-state index is -3.75. The summed E-state index contributed by atoms with van der Waals surface area (Å²) < 4.78 is 27.7. The lowest BCUT2D eigenvalue weighted by Crippen LogP contribution is -2.58. The Balaban J connectivity index is 1.53. The van der Waals surface area contributed by atoms with Crippen LogP contribution in [0.4, 0.5) is 0 Å². The largest absolute Gasteiger partial charge is 0.506 e. The number of hydrogen-bond donors (Lipinski definition) is 2. The molecule has 2 aromatic rings. The van der Waals surface area contributed by atoms with E-state index in [1.165, 1.54) is 16.4 Å². The molecule has 2 heterocycles. The topological polar surface area (TPSA) is 90.0 Å². The number of amides is 1. The van der Waals surface area contributed by atoms with Gasteiger partial charge in [0.1, 0.15) is 5.75 Å². The van der Waals surface area contributed by atoms with Crippen LogP contribution in [0, 0.1) is 6.92 Å². The van der Waals surface area contributed by atoms with Gasteiger partial charge in [-0.2, -0.15) is 4.31 Å². The van der Waals surface area contributed by atoms with Crippen LogP contribution in [0.15, 0.2) is 47.4 Å². The molecule has 160 valence electrons. The first kappa shape index (κ1) is 21.1. The van der Waals surface area contributed by atoms with E-state index in [1.807, 2.05) is 30.3 Å². The van der Waals surface area contributed by atoms with Gasteiger partial charge in [-0.15, -0.1) is 0 Å². The molecule has 0 saturated carbocycles. The van der Waals surface area contributed by atoms with Crippen LogP contribution in [0.5, 0.6) is 5.75 Å². The third-order valence-corrected chi connectivity index (χ3v) is 8.11. The molecule has 2 N–H and O–H groups in total. The van der Waals surface area contributed by atoms with E-state index in [0.717, 1.165) is 5.56 Å². The summed E-state index contributed by atoms with van der Waals surface area (Å²) >= 11 is 5.99. The second kappa shape index (κ2) is 7.85. The first-order valence-corrected chi connectivity index (χ1v) is 11.6. The molecule has 1 amide bonds. The van der Waals surface area contributed by atoms with E-state index >= 15 is 0 Å². The van der Waals surface area contributed by atoms with Gasteiger partial charge in [0.15, 0.2) is 0 Å². The molecule has 1 spiro atoms. The van der Waals surface area contributed by atoms with Crippen LogP contribution < -0.4 is 5.32 Å². The number of carbonyl (C=O) groups is 1. The van der Waals surface area contributed by atoms with Gasteiger partial charge in [-0.1, -0.05) is 41.9 Å². The van der Waals surface area contributed by atoms with Gasteiger partial charge in [0, 0.05) is 19.6 Å². The molecule has 4 rings (SSSR count). The van der Waals surface area contributed by atoms with Gasteiger partial charge >= 0.3 is 0 Å². The molecule has 0 atom stereocenters. The first-order valence-electron chi connectivity index (χ1n) is 9.80. The van der Waals surface area contributed by atoms with Crippen molar-refractivity contribution in [3.8, 4) is 5.75 Å². The van der Waals surface area contributed by atoms with Crippen molar-refractivity contribution in [1.82, 2.24) is 14.5 Å². The Bertz CT molecular complexity index is 1040. The molecule has 2 aromatic carbocycles. The maximum absolute atomic E-state index is 13.1. The van der Waals surface area contributed by atoms with E-state index in [1.54, 1.807) is 6.92 Å². The highest BCUT2D eigenvalue weighted by Gasteiger charge is 2.48. The van der Waals surface area contributed by atoms with Gasteiger partial charge in [-0.3, -0.25) is 9.69 Å². The van der Waals surface area contributed by atoms with Crippen molar-refractivity contribution in [3.05, 3.63) is 58.6 Å². The number of benzene rings is 2. The normalized spacial score (nSPS) is 19.9. The van der Waals surface area contributed by atoms with Gasteiger partial charge in [-0.05, 0) is 43.0 Å². The molecule has 9 heteroatoms. The van der Waals surface area contributed by atoms with Crippen LogP contribution in [0.1, 0.15) is 24.0 Å². The van der Waals surface area contributed by atoms with Crippen molar-refractivity contribution in [2.45, 2.75) is 36.9 Å². The summed E-state index contributed by atoms with van der Waals surface area (Å²) in [5, 5.41) is 12.9. The SMILES string of the molecule is Cc1cc(S(=O)(=O)N2CCC3(CC2)NC(=O)CN3Cc2ccccc2)cc(Cl)c1O. The van der Waals surface area contributed by atoms with E-state index in [4.69, 9.17) is 11.6 Å². The smallest absolute Gasteiger partial charge is 0.243 e. The van der Waals surface area contributed by atoms with E-state index < -0.39 is 15.7 Å². The Morgan fingerprint density at radius 3 is 2.47 bits per heavy atom. The fourth-order valence-electron chi connectivity index (χ4n) is 4.25. The highest BCUT2D eigenvalue weighted by molar-refractivity contribution is 7.89. The molecule has 2 aliphatic heterocycles. The summed E-state index contributed by atoms with van der Waals surface area (Å²) in [6, 6.07) is 12.6. The van der Waals surface area contributed by atoms with E-state index in [-0.39, 0.29) is 34.7 Å². The van der Waals surface area contributed by atoms with Gasteiger partial charge in [0.2, 0.25) is 15.9 Å². The van der Waals surface area contributed by atoms with Crippen molar-refractivity contribution in [2.24, 2.45) is 0 Å². The standard InChI is InChI=1S/C21H24ClN3O4S/c1-15-11-17(12-18(22)20(15)27)30(28,29)25-9-7-21(8-10-25)23-19(26)14-24(21)13-16-5-3-2-4-6-16/h2-6,11-12,27H,7-10,13-14H2,1H3,(H,23,26). The Morgan fingerprint density at radius 2 is 1.83 bits per heavy atom. The second-order valence-electron chi connectivity index (χ2n) is 7.90. The number of sulfonamides is 1. The zero-order chi connectivity index (χ0) is 21.5. The number of nitrogens with one attached hydrogen (secondary N) is 1. The minimum Gasteiger partial charge on any atom is -0.506 e. The van der Waals surface area contributed by atoms with Crippen LogP contribution in [-0.4, -0.2) is 53.9 Å². The second-order valence-corrected chi connectivity index (χ2v) is 10.2. The summed E-state index contributed by atoms with van der Waals surface area (Å²) in [4.78, 5) is 14.4. The molecule has 2 saturated heterocycles. The lowest BCUT2D eigenvalue weighted by Gasteiger charge is -2.43. The Morgan fingerprint density at radius 1 is 1.17 bits per heavy atom. The third-order valence-electron chi connectivity index (χ3n) is 5.94. The molecule has 0 aliphatic carbocycles.